The molecule has 0 bridgehead atoms. The summed E-state index contributed by atoms with van der Waals surface area (Å²) in [6.45, 7) is 8.08. The van der Waals surface area contributed by atoms with Gasteiger partial charge in [-0.2, -0.15) is 0 Å². The summed E-state index contributed by atoms with van der Waals surface area (Å²) in [5.74, 6) is 0. The topological polar surface area (TPSA) is 60.0 Å². The fraction of sp³-hybridized carbons (Fsp3) is 0.886. The summed E-state index contributed by atoms with van der Waals surface area (Å²) >= 11 is 0. The predicted octanol–water partition coefficient (Wildman–Crippen LogP) is 12.8. The summed E-state index contributed by atoms with van der Waals surface area (Å²) < 4.78 is 17.5. The maximum atomic E-state index is 12.3. The van der Waals surface area contributed by atoms with Crippen LogP contribution in [0.4, 0.5) is 4.79 Å². The summed E-state index contributed by atoms with van der Waals surface area (Å²) in [5.41, 5.74) is 0. The molecule has 0 fully saturated rings. The number of alkyl carbamates (subject to hydrolysis) is 1. The minimum absolute atomic E-state index is 0.377. The zero-order valence-corrected chi connectivity index (χ0v) is 34.0. The predicted molar refractivity (Wildman–Crippen MR) is 217 cm³/mol. The summed E-state index contributed by atoms with van der Waals surface area (Å²) in [6, 6.07) is 0. The van der Waals surface area contributed by atoms with Crippen molar-refractivity contribution in [1.29, 1.82) is 0 Å². The Bertz CT molecular complexity index is 681. The zero-order valence-electron chi connectivity index (χ0n) is 34.0. The van der Waals surface area contributed by atoms with Gasteiger partial charge in [0.1, 0.15) is 0 Å². The van der Waals surface area contributed by atoms with E-state index < -0.39 is 6.09 Å². The Kier molecular flexibility index (Phi) is 40.9. The monoisotopic (exact) mass is 707 g/mol. The molecule has 0 radical (unpaired) electrons. The molecule has 0 saturated heterocycles. The van der Waals surface area contributed by atoms with Crippen molar-refractivity contribution in [2.24, 2.45) is 0 Å². The number of carbonyl (C=O) groups is 1. The average Bonchev–Trinajstić information content (AvgIpc) is 3.10. The maximum absolute atomic E-state index is 12.3. The molecule has 0 spiro atoms. The lowest BCUT2D eigenvalue weighted by Crippen LogP contribution is -2.37. The Morgan fingerprint density at radius 2 is 0.860 bits per heavy atom. The molecule has 0 atom stereocenters. The fourth-order valence-electron chi connectivity index (χ4n) is 6.02. The Hall–Kier alpha value is -1.37. The highest BCUT2D eigenvalue weighted by molar-refractivity contribution is 5.67. The van der Waals surface area contributed by atoms with E-state index >= 15 is 0 Å². The average molecular weight is 707 g/mol. The summed E-state index contributed by atoms with van der Waals surface area (Å²) in [4.78, 5) is 14.4. The smallest absolute Gasteiger partial charge is 0.407 e. The van der Waals surface area contributed by atoms with Crippen molar-refractivity contribution in [1.82, 2.24) is 10.2 Å². The highest BCUT2D eigenvalue weighted by Gasteiger charge is 2.15. The molecule has 296 valence electrons. The molecule has 0 unspecified atom stereocenters. The third kappa shape index (κ3) is 41.1. The number of hydrogen-bond donors (Lipinski definition) is 1. The first-order valence-electron chi connectivity index (χ1n) is 21.6. The van der Waals surface area contributed by atoms with Crippen LogP contribution in [-0.2, 0) is 14.2 Å². The van der Waals surface area contributed by atoms with Gasteiger partial charge in [-0.1, -0.05) is 154 Å². The van der Waals surface area contributed by atoms with Crippen LogP contribution in [0.2, 0.25) is 0 Å². The first-order valence-corrected chi connectivity index (χ1v) is 21.6. The van der Waals surface area contributed by atoms with Crippen molar-refractivity contribution < 1.29 is 19.0 Å². The van der Waals surface area contributed by atoms with Gasteiger partial charge in [0, 0.05) is 26.3 Å². The number of rotatable bonds is 40. The highest BCUT2D eigenvalue weighted by atomic mass is 16.6. The van der Waals surface area contributed by atoms with Crippen LogP contribution < -0.4 is 5.32 Å². The van der Waals surface area contributed by atoms with Crippen molar-refractivity contribution in [3.8, 4) is 0 Å². The number of likely N-dealkylation sites (N-methyl/N-ethyl adjacent to an activating group) is 1. The first-order chi connectivity index (χ1) is 24.6. The molecule has 0 aromatic heterocycles. The van der Waals surface area contributed by atoms with Gasteiger partial charge in [0.05, 0.1) is 13.2 Å². The molecule has 6 nitrogen and oxygen atoms in total. The van der Waals surface area contributed by atoms with Gasteiger partial charge in [0.15, 0.2) is 6.10 Å². The number of allylic oxidation sites excluding steroid dienone is 4. The zero-order chi connectivity index (χ0) is 36.4. The van der Waals surface area contributed by atoms with Gasteiger partial charge < -0.3 is 24.4 Å². The second kappa shape index (κ2) is 42.0. The second-order valence-electron chi connectivity index (χ2n) is 14.8. The molecule has 0 rings (SSSR count). The van der Waals surface area contributed by atoms with E-state index in [-0.39, 0.29) is 6.10 Å². The third-order valence-corrected chi connectivity index (χ3v) is 9.31. The Labute approximate surface area is 312 Å². The molecule has 0 aliphatic heterocycles. The van der Waals surface area contributed by atoms with Crippen molar-refractivity contribution in [3.63, 3.8) is 0 Å². The summed E-state index contributed by atoms with van der Waals surface area (Å²) in [6.07, 6.45) is 45.2. The Morgan fingerprint density at radius 3 is 1.22 bits per heavy atom. The largest absolute Gasteiger partial charge is 0.441 e. The van der Waals surface area contributed by atoms with Gasteiger partial charge in [-0.3, -0.25) is 0 Å². The maximum Gasteiger partial charge on any atom is 0.407 e. The fourth-order valence-corrected chi connectivity index (χ4v) is 6.02. The minimum Gasteiger partial charge on any atom is -0.441 e. The molecule has 0 aromatic carbocycles. The van der Waals surface area contributed by atoms with E-state index in [9.17, 15) is 4.79 Å². The number of ether oxygens (including phenoxy) is 3. The van der Waals surface area contributed by atoms with Crippen LogP contribution in [0.1, 0.15) is 194 Å². The van der Waals surface area contributed by atoms with E-state index in [0.29, 0.717) is 33.0 Å². The van der Waals surface area contributed by atoms with E-state index in [1.807, 2.05) is 19.0 Å². The molecule has 1 amide bonds. The first kappa shape index (κ1) is 48.6. The van der Waals surface area contributed by atoms with Gasteiger partial charge in [-0.25, -0.2) is 4.79 Å². The third-order valence-electron chi connectivity index (χ3n) is 9.31. The quantitative estimate of drug-likeness (QED) is 0.0508. The molecule has 6 heteroatoms. The van der Waals surface area contributed by atoms with E-state index in [2.05, 4.69) is 43.5 Å². The number of nitrogens with one attached hydrogen (secondary N) is 1. The number of carbonyl (C=O) groups excluding carboxylic acids is 1. The standard InChI is InChI=1S/C44H86N2O4/c1-5-7-9-11-13-15-17-19-21-23-25-27-29-31-33-35-39-48-41-43(50-44(47)45-37-38-46(3)4)42-49-40-36-34-32-30-28-26-24-22-20-18-16-14-12-10-8-6-2/h19-22,43H,5-18,23-42H2,1-4H3,(H,45,47)/b21-19-,22-20-. The summed E-state index contributed by atoms with van der Waals surface area (Å²) in [7, 11) is 3.98. The second-order valence-corrected chi connectivity index (χ2v) is 14.8. The minimum atomic E-state index is -0.390. The van der Waals surface area contributed by atoms with E-state index in [1.165, 1.54) is 167 Å². The molecule has 1 N–H and O–H groups in total. The van der Waals surface area contributed by atoms with Crippen LogP contribution >= 0.6 is 0 Å². The van der Waals surface area contributed by atoms with Crippen molar-refractivity contribution in [2.75, 3.05) is 53.6 Å². The van der Waals surface area contributed by atoms with Crippen LogP contribution in [0.3, 0.4) is 0 Å². The van der Waals surface area contributed by atoms with Crippen LogP contribution in [0, 0.1) is 0 Å². The molecule has 0 heterocycles. The lowest BCUT2D eigenvalue weighted by atomic mass is 10.1. The van der Waals surface area contributed by atoms with Gasteiger partial charge in [0.25, 0.3) is 0 Å². The molecule has 50 heavy (non-hydrogen) atoms. The Morgan fingerprint density at radius 1 is 0.520 bits per heavy atom. The molecule has 0 saturated carbocycles. The highest BCUT2D eigenvalue weighted by Crippen LogP contribution is 2.12. The van der Waals surface area contributed by atoms with Crippen LogP contribution in [0.5, 0.6) is 0 Å². The number of hydrogen-bond acceptors (Lipinski definition) is 5. The number of nitrogens with zero attached hydrogens (tertiary/aromatic N) is 1. The molecule has 0 aliphatic rings. The molecular formula is C44H86N2O4. The van der Waals surface area contributed by atoms with Gasteiger partial charge in [-0.05, 0) is 78.3 Å². The van der Waals surface area contributed by atoms with Crippen LogP contribution in [-0.4, -0.2) is 70.7 Å². The normalized spacial score (nSPS) is 12.0. The molecule has 0 aliphatic carbocycles. The van der Waals surface area contributed by atoms with E-state index in [1.54, 1.807) is 0 Å². The van der Waals surface area contributed by atoms with Crippen molar-refractivity contribution in [2.45, 2.75) is 200 Å². The Balaban J connectivity index is 3.89. The van der Waals surface area contributed by atoms with Gasteiger partial charge >= 0.3 is 6.09 Å². The number of amides is 1. The summed E-state index contributed by atoms with van der Waals surface area (Å²) in [5, 5.41) is 2.84. The SMILES string of the molecule is CCCCCCCC/C=C\CCCCCCCCOCC(COCCCCCCCC/C=C\CCCCCCCC)OC(=O)NCCN(C)C. The molecule has 0 aromatic rings. The van der Waals surface area contributed by atoms with Crippen LogP contribution in [0.15, 0.2) is 24.3 Å². The van der Waals surface area contributed by atoms with Crippen LogP contribution in [0.25, 0.3) is 0 Å². The van der Waals surface area contributed by atoms with Gasteiger partial charge in [0.2, 0.25) is 0 Å². The van der Waals surface area contributed by atoms with E-state index in [4.69, 9.17) is 14.2 Å². The lowest BCUT2D eigenvalue weighted by molar-refractivity contribution is -0.0292. The lowest BCUT2D eigenvalue weighted by Gasteiger charge is -2.19. The van der Waals surface area contributed by atoms with Crippen molar-refractivity contribution >= 4 is 6.09 Å². The number of unbranched alkanes of at least 4 members (excludes halogenated alkanes) is 24. The van der Waals surface area contributed by atoms with Crippen molar-refractivity contribution in [3.05, 3.63) is 24.3 Å². The van der Waals surface area contributed by atoms with E-state index in [0.717, 1.165) is 19.4 Å². The van der Waals surface area contributed by atoms with Gasteiger partial charge in [-0.15, -0.1) is 0 Å². The molecular weight excluding hydrogens is 620 g/mol.